The Morgan fingerprint density at radius 3 is 2.68 bits per heavy atom. The van der Waals surface area contributed by atoms with Gasteiger partial charge in [0.1, 0.15) is 6.61 Å². The number of nitrogens with zero attached hydrogens (tertiary/aromatic N) is 1. The van der Waals surface area contributed by atoms with Crippen molar-refractivity contribution in [3.63, 3.8) is 0 Å². The number of hydrogen-bond donors (Lipinski definition) is 1. The molecule has 0 heterocycles. The lowest BCUT2D eigenvalue weighted by atomic mass is 10.2. The smallest absolute Gasteiger partial charge is 0.294 e. The summed E-state index contributed by atoms with van der Waals surface area (Å²) in [5, 5.41) is 12.0. The van der Waals surface area contributed by atoms with Crippen molar-refractivity contribution in [2.45, 2.75) is 6.61 Å². The van der Waals surface area contributed by atoms with Gasteiger partial charge in [0.15, 0.2) is 0 Å². The number of rotatable bonds is 6. The third-order valence-corrected chi connectivity index (χ3v) is 2.76. The van der Waals surface area contributed by atoms with Crippen molar-refractivity contribution >= 4 is 17.7 Å². The molecule has 0 aliphatic carbocycles. The van der Waals surface area contributed by atoms with Gasteiger partial charge >= 0.3 is 0 Å². The number of carbonyl (C=O) groups is 1. The fourth-order valence-corrected chi connectivity index (χ4v) is 1.79. The molecule has 1 N–H and O–H groups in total. The lowest BCUT2D eigenvalue weighted by Crippen LogP contribution is -2.08. The fourth-order valence-electron chi connectivity index (χ4n) is 1.79. The summed E-state index contributed by atoms with van der Waals surface area (Å²) in [4.78, 5) is 26.3. The predicted octanol–water partition coefficient (Wildman–Crippen LogP) is 3.05. The van der Waals surface area contributed by atoms with Crippen LogP contribution in [0.1, 0.15) is 11.1 Å². The second kappa shape index (κ2) is 7.58. The van der Waals surface area contributed by atoms with Gasteiger partial charge in [-0.15, -0.1) is 10.1 Å². The minimum Gasteiger partial charge on any atom is -0.323 e. The molecule has 0 bridgehead atoms. The Morgan fingerprint density at radius 1 is 1.18 bits per heavy atom. The molecule has 0 spiro atoms. The molecule has 1 amide bonds. The average molecular weight is 298 g/mol. The maximum absolute atomic E-state index is 11.8. The van der Waals surface area contributed by atoms with E-state index in [1.807, 2.05) is 30.3 Å². The van der Waals surface area contributed by atoms with E-state index >= 15 is 0 Å². The molecule has 0 aliphatic heterocycles. The van der Waals surface area contributed by atoms with Crippen LogP contribution in [-0.4, -0.2) is 11.0 Å². The Bertz CT molecular complexity index is 684. The van der Waals surface area contributed by atoms with E-state index in [-0.39, 0.29) is 12.5 Å². The molecule has 2 rings (SSSR count). The second-order valence-corrected chi connectivity index (χ2v) is 4.43. The maximum atomic E-state index is 11.8. The van der Waals surface area contributed by atoms with Crippen molar-refractivity contribution in [1.29, 1.82) is 0 Å². The van der Waals surface area contributed by atoms with Crippen molar-refractivity contribution in [3.8, 4) is 0 Å². The summed E-state index contributed by atoms with van der Waals surface area (Å²) in [6.07, 6.45) is 3.13. The molecule has 2 aromatic carbocycles. The van der Waals surface area contributed by atoms with E-state index in [0.717, 1.165) is 5.56 Å². The molecule has 0 saturated carbocycles. The molecule has 0 aromatic heterocycles. The maximum Gasteiger partial charge on any atom is 0.294 e. The summed E-state index contributed by atoms with van der Waals surface area (Å²) in [5.41, 5.74) is 2.07. The number of carbonyl (C=O) groups excluding carboxylic acids is 1. The van der Waals surface area contributed by atoms with E-state index in [9.17, 15) is 14.9 Å². The van der Waals surface area contributed by atoms with Gasteiger partial charge in [0.2, 0.25) is 5.91 Å². The van der Waals surface area contributed by atoms with E-state index in [0.29, 0.717) is 11.3 Å². The third kappa shape index (κ3) is 5.09. The normalized spacial score (nSPS) is 10.4. The summed E-state index contributed by atoms with van der Waals surface area (Å²) < 4.78 is 0. The average Bonchev–Trinajstić information content (AvgIpc) is 2.52. The molecule has 112 valence electrons. The van der Waals surface area contributed by atoms with Gasteiger partial charge < -0.3 is 10.2 Å². The van der Waals surface area contributed by atoms with Gasteiger partial charge in [-0.2, -0.15) is 0 Å². The number of benzene rings is 2. The van der Waals surface area contributed by atoms with Crippen LogP contribution < -0.4 is 5.32 Å². The van der Waals surface area contributed by atoms with Gasteiger partial charge in [0.05, 0.1) is 0 Å². The van der Waals surface area contributed by atoms with Crippen LogP contribution in [0.5, 0.6) is 0 Å². The van der Waals surface area contributed by atoms with Crippen LogP contribution in [0, 0.1) is 10.1 Å². The highest BCUT2D eigenvalue weighted by Gasteiger charge is 2.01. The van der Waals surface area contributed by atoms with E-state index in [1.165, 1.54) is 6.08 Å². The van der Waals surface area contributed by atoms with Gasteiger partial charge in [-0.25, -0.2) is 0 Å². The first-order valence-corrected chi connectivity index (χ1v) is 6.54. The lowest BCUT2D eigenvalue weighted by Gasteiger charge is -2.05. The molecule has 0 fully saturated rings. The second-order valence-electron chi connectivity index (χ2n) is 4.43. The Kier molecular flexibility index (Phi) is 5.25. The Hall–Kier alpha value is -3.15. The van der Waals surface area contributed by atoms with Gasteiger partial charge in [-0.05, 0) is 29.3 Å². The van der Waals surface area contributed by atoms with Crippen LogP contribution in [0.4, 0.5) is 5.69 Å². The zero-order chi connectivity index (χ0) is 15.8. The van der Waals surface area contributed by atoms with Crippen molar-refractivity contribution in [1.82, 2.24) is 0 Å². The van der Waals surface area contributed by atoms with Gasteiger partial charge in [-0.3, -0.25) is 4.79 Å². The zero-order valence-corrected chi connectivity index (χ0v) is 11.6. The zero-order valence-electron chi connectivity index (χ0n) is 11.6. The molecule has 6 nitrogen and oxygen atoms in total. The van der Waals surface area contributed by atoms with Crippen LogP contribution in [0.15, 0.2) is 60.7 Å². The molecule has 6 heteroatoms. The molecule has 22 heavy (non-hydrogen) atoms. The summed E-state index contributed by atoms with van der Waals surface area (Å²) in [5.74, 6) is -0.281. The Morgan fingerprint density at radius 2 is 1.95 bits per heavy atom. The highest BCUT2D eigenvalue weighted by molar-refractivity contribution is 6.01. The number of amides is 1. The Balaban J connectivity index is 1.95. The molecule has 0 saturated heterocycles. The molecule has 2 aromatic rings. The highest BCUT2D eigenvalue weighted by atomic mass is 16.9. The van der Waals surface area contributed by atoms with Crippen LogP contribution in [0.2, 0.25) is 0 Å². The van der Waals surface area contributed by atoms with E-state index in [4.69, 9.17) is 0 Å². The van der Waals surface area contributed by atoms with Crippen molar-refractivity contribution < 1.29 is 14.7 Å². The van der Waals surface area contributed by atoms with Crippen LogP contribution in [0.3, 0.4) is 0 Å². The van der Waals surface area contributed by atoms with Crippen molar-refractivity contribution in [2.24, 2.45) is 0 Å². The first-order chi connectivity index (χ1) is 10.6. The fraction of sp³-hybridized carbons (Fsp3) is 0.0625. The van der Waals surface area contributed by atoms with E-state index in [2.05, 4.69) is 10.2 Å². The molecule has 0 aliphatic rings. The molecule has 0 unspecified atom stereocenters. The Labute approximate surface area is 127 Å². The third-order valence-electron chi connectivity index (χ3n) is 2.76. The lowest BCUT2D eigenvalue weighted by molar-refractivity contribution is -0.763. The van der Waals surface area contributed by atoms with Gasteiger partial charge in [0.25, 0.3) is 5.09 Å². The molecule has 0 atom stereocenters. The van der Waals surface area contributed by atoms with Crippen LogP contribution in [0.25, 0.3) is 6.08 Å². The standard InChI is InChI=1S/C16H14N2O4/c19-16(10-9-13-5-2-1-3-6-13)17-15-8-4-7-14(11-15)12-22-18(20)21/h1-11H,12H2,(H,17,19)/b10-9+. The molecular formula is C16H14N2O4. The summed E-state index contributed by atoms with van der Waals surface area (Å²) in [6.45, 7) is -0.156. The monoisotopic (exact) mass is 298 g/mol. The quantitative estimate of drug-likeness (QED) is 0.505. The van der Waals surface area contributed by atoms with E-state index < -0.39 is 5.09 Å². The predicted molar refractivity (Wildman–Crippen MR) is 82.3 cm³/mol. The first kappa shape index (κ1) is 15.2. The summed E-state index contributed by atoms with van der Waals surface area (Å²) in [6, 6.07) is 16.1. The van der Waals surface area contributed by atoms with Crippen molar-refractivity contribution in [3.05, 3.63) is 81.9 Å². The highest BCUT2D eigenvalue weighted by Crippen LogP contribution is 2.12. The van der Waals surface area contributed by atoms with E-state index in [1.54, 1.807) is 30.3 Å². The van der Waals surface area contributed by atoms with Gasteiger partial charge in [0, 0.05) is 11.8 Å². The van der Waals surface area contributed by atoms with Crippen molar-refractivity contribution in [2.75, 3.05) is 5.32 Å². The van der Waals surface area contributed by atoms with Gasteiger partial charge in [-0.1, -0.05) is 42.5 Å². The minimum atomic E-state index is -0.853. The molecular weight excluding hydrogens is 284 g/mol. The van der Waals surface area contributed by atoms with Crippen LogP contribution >= 0.6 is 0 Å². The summed E-state index contributed by atoms with van der Waals surface area (Å²) >= 11 is 0. The molecule has 0 radical (unpaired) electrons. The largest absolute Gasteiger partial charge is 0.323 e. The van der Waals surface area contributed by atoms with Crippen LogP contribution in [-0.2, 0) is 16.2 Å². The topological polar surface area (TPSA) is 81.5 Å². The SMILES string of the molecule is O=C(/C=C/c1ccccc1)Nc1cccc(CO[N+](=O)[O-])c1. The first-order valence-electron chi connectivity index (χ1n) is 6.54. The summed E-state index contributed by atoms with van der Waals surface area (Å²) in [7, 11) is 0. The minimum absolute atomic E-state index is 0.156. The number of anilines is 1. The number of nitrogens with one attached hydrogen (secondary N) is 1. The number of hydrogen-bond acceptors (Lipinski definition) is 4.